The lowest BCUT2D eigenvalue weighted by atomic mass is 10.1. The van der Waals surface area contributed by atoms with Gasteiger partial charge in [0.1, 0.15) is 5.82 Å². The number of hydrogen-bond donors (Lipinski definition) is 2. The van der Waals surface area contributed by atoms with Crippen LogP contribution in [-0.4, -0.2) is 12.5 Å². The minimum Gasteiger partial charge on any atom is -0.398 e. The Bertz CT molecular complexity index is 608. The summed E-state index contributed by atoms with van der Waals surface area (Å²) < 4.78 is 12.8. The van der Waals surface area contributed by atoms with E-state index in [0.29, 0.717) is 24.2 Å². The molecule has 3 nitrogen and oxygen atoms in total. The maximum absolute atomic E-state index is 12.8. The Labute approximate surface area is 117 Å². The second-order valence-electron chi connectivity index (χ2n) is 4.65. The lowest BCUT2D eigenvalue weighted by molar-refractivity contribution is 0.0953. The highest BCUT2D eigenvalue weighted by Crippen LogP contribution is 2.15. The molecule has 20 heavy (non-hydrogen) atoms. The van der Waals surface area contributed by atoms with Gasteiger partial charge >= 0.3 is 0 Å². The normalized spacial score (nSPS) is 10.3. The van der Waals surface area contributed by atoms with E-state index in [1.165, 1.54) is 12.1 Å². The van der Waals surface area contributed by atoms with Gasteiger partial charge < -0.3 is 11.1 Å². The number of hydrogen-bond acceptors (Lipinski definition) is 2. The highest BCUT2D eigenvalue weighted by molar-refractivity contribution is 5.96. The summed E-state index contributed by atoms with van der Waals surface area (Å²) in [5.41, 5.74) is 8.74. The maximum Gasteiger partial charge on any atom is 0.251 e. The van der Waals surface area contributed by atoms with Gasteiger partial charge in [0.15, 0.2) is 0 Å². The van der Waals surface area contributed by atoms with Crippen LogP contribution in [0.15, 0.2) is 42.5 Å². The van der Waals surface area contributed by atoms with Gasteiger partial charge in [0.25, 0.3) is 5.91 Å². The van der Waals surface area contributed by atoms with Crippen molar-refractivity contribution < 1.29 is 9.18 Å². The van der Waals surface area contributed by atoms with E-state index in [-0.39, 0.29) is 11.7 Å². The smallest absolute Gasteiger partial charge is 0.251 e. The van der Waals surface area contributed by atoms with E-state index in [2.05, 4.69) is 5.32 Å². The van der Waals surface area contributed by atoms with E-state index in [0.717, 1.165) is 11.1 Å². The zero-order valence-electron chi connectivity index (χ0n) is 11.3. The summed E-state index contributed by atoms with van der Waals surface area (Å²) in [5, 5.41) is 2.84. The van der Waals surface area contributed by atoms with Crippen molar-refractivity contribution in [2.24, 2.45) is 0 Å². The molecule has 0 aliphatic heterocycles. The highest BCUT2D eigenvalue weighted by atomic mass is 19.1. The van der Waals surface area contributed by atoms with Crippen molar-refractivity contribution in [2.75, 3.05) is 12.3 Å². The molecule has 2 aromatic carbocycles. The SMILES string of the molecule is Cc1c(N)cccc1C(=O)NCCc1ccc(F)cc1. The van der Waals surface area contributed by atoms with E-state index < -0.39 is 0 Å². The Morgan fingerprint density at radius 2 is 1.90 bits per heavy atom. The quantitative estimate of drug-likeness (QED) is 0.841. The van der Waals surface area contributed by atoms with E-state index in [9.17, 15) is 9.18 Å². The standard InChI is InChI=1S/C16H17FN2O/c1-11-14(3-2-4-15(11)18)16(20)19-10-9-12-5-7-13(17)8-6-12/h2-8H,9-10,18H2,1H3,(H,19,20). The Kier molecular flexibility index (Phi) is 4.35. The molecule has 0 aliphatic carbocycles. The molecule has 0 atom stereocenters. The van der Waals surface area contributed by atoms with Crippen LogP contribution in [0.3, 0.4) is 0 Å². The Morgan fingerprint density at radius 1 is 1.20 bits per heavy atom. The third kappa shape index (κ3) is 3.35. The fourth-order valence-electron chi connectivity index (χ4n) is 1.97. The summed E-state index contributed by atoms with van der Waals surface area (Å²) in [6.07, 6.45) is 0.660. The third-order valence-electron chi connectivity index (χ3n) is 3.23. The van der Waals surface area contributed by atoms with Crippen LogP contribution in [0.25, 0.3) is 0 Å². The summed E-state index contributed by atoms with van der Waals surface area (Å²) in [6, 6.07) is 11.5. The van der Waals surface area contributed by atoms with Crippen LogP contribution in [-0.2, 0) is 6.42 Å². The highest BCUT2D eigenvalue weighted by Gasteiger charge is 2.09. The first-order chi connectivity index (χ1) is 9.58. The number of rotatable bonds is 4. The molecule has 0 fully saturated rings. The number of nitrogen functional groups attached to an aromatic ring is 1. The largest absolute Gasteiger partial charge is 0.398 e. The van der Waals surface area contributed by atoms with Crippen molar-refractivity contribution in [1.82, 2.24) is 5.32 Å². The number of nitrogens with one attached hydrogen (secondary N) is 1. The topological polar surface area (TPSA) is 55.1 Å². The zero-order valence-corrected chi connectivity index (χ0v) is 11.3. The first kappa shape index (κ1) is 14.1. The predicted octanol–water partition coefficient (Wildman–Crippen LogP) is 2.69. The number of benzene rings is 2. The van der Waals surface area contributed by atoms with Gasteiger partial charge in [-0.05, 0) is 48.7 Å². The number of carbonyl (C=O) groups is 1. The average Bonchev–Trinajstić information content (AvgIpc) is 2.44. The molecule has 0 heterocycles. The molecule has 1 amide bonds. The molecule has 0 aromatic heterocycles. The number of nitrogens with two attached hydrogens (primary N) is 1. The van der Waals surface area contributed by atoms with Crippen LogP contribution in [0, 0.1) is 12.7 Å². The van der Waals surface area contributed by atoms with Crippen LogP contribution in [0.5, 0.6) is 0 Å². The van der Waals surface area contributed by atoms with Gasteiger partial charge in [-0.1, -0.05) is 18.2 Å². The lowest BCUT2D eigenvalue weighted by Gasteiger charge is -2.09. The molecule has 2 aromatic rings. The van der Waals surface area contributed by atoms with E-state index in [4.69, 9.17) is 5.73 Å². The van der Waals surface area contributed by atoms with Gasteiger partial charge in [-0.3, -0.25) is 4.79 Å². The minimum atomic E-state index is -0.256. The number of carbonyl (C=O) groups excluding carboxylic acids is 1. The van der Waals surface area contributed by atoms with Gasteiger partial charge in [0, 0.05) is 17.8 Å². The van der Waals surface area contributed by atoms with Crippen molar-refractivity contribution in [3.05, 3.63) is 65.0 Å². The summed E-state index contributed by atoms with van der Waals surface area (Å²) in [7, 11) is 0. The second kappa shape index (κ2) is 6.19. The molecule has 2 rings (SSSR count). The van der Waals surface area contributed by atoms with E-state index in [1.807, 2.05) is 6.92 Å². The third-order valence-corrected chi connectivity index (χ3v) is 3.23. The molecule has 0 saturated heterocycles. The molecule has 4 heteroatoms. The van der Waals surface area contributed by atoms with Crippen molar-refractivity contribution in [3.63, 3.8) is 0 Å². The summed E-state index contributed by atoms with van der Waals surface area (Å²) in [4.78, 5) is 12.0. The van der Waals surface area contributed by atoms with Crippen molar-refractivity contribution >= 4 is 11.6 Å². The van der Waals surface area contributed by atoms with Crippen molar-refractivity contribution in [3.8, 4) is 0 Å². The number of halogens is 1. The number of amides is 1. The molecular formula is C16H17FN2O. The van der Waals surface area contributed by atoms with Crippen molar-refractivity contribution in [1.29, 1.82) is 0 Å². The van der Waals surface area contributed by atoms with Crippen LogP contribution < -0.4 is 11.1 Å². The zero-order chi connectivity index (χ0) is 14.5. The fraction of sp³-hybridized carbons (Fsp3) is 0.188. The first-order valence-electron chi connectivity index (χ1n) is 6.45. The van der Waals surface area contributed by atoms with Gasteiger partial charge in [0.2, 0.25) is 0 Å². The summed E-state index contributed by atoms with van der Waals surface area (Å²) >= 11 is 0. The average molecular weight is 272 g/mol. The molecule has 0 saturated carbocycles. The monoisotopic (exact) mass is 272 g/mol. The molecule has 0 bridgehead atoms. The fourth-order valence-corrected chi connectivity index (χ4v) is 1.97. The molecule has 0 unspecified atom stereocenters. The Balaban J connectivity index is 1.92. The molecule has 3 N–H and O–H groups in total. The maximum atomic E-state index is 12.8. The van der Waals surface area contributed by atoms with E-state index >= 15 is 0 Å². The Hall–Kier alpha value is -2.36. The van der Waals surface area contributed by atoms with Crippen LogP contribution >= 0.6 is 0 Å². The summed E-state index contributed by atoms with van der Waals surface area (Å²) in [5.74, 6) is -0.398. The van der Waals surface area contributed by atoms with Crippen LogP contribution in [0.4, 0.5) is 10.1 Å². The van der Waals surface area contributed by atoms with Crippen LogP contribution in [0.1, 0.15) is 21.5 Å². The second-order valence-corrected chi connectivity index (χ2v) is 4.65. The lowest BCUT2D eigenvalue weighted by Crippen LogP contribution is -2.26. The first-order valence-corrected chi connectivity index (χ1v) is 6.45. The molecule has 0 spiro atoms. The molecular weight excluding hydrogens is 255 g/mol. The van der Waals surface area contributed by atoms with Gasteiger partial charge in [-0.2, -0.15) is 0 Å². The van der Waals surface area contributed by atoms with Crippen LogP contribution in [0.2, 0.25) is 0 Å². The Morgan fingerprint density at radius 3 is 2.60 bits per heavy atom. The predicted molar refractivity (Wildman–Crippen MR) is 78.0 cm³/mol. The minimum absolute atomic E-state index is 0.142. The van der Waals surface area contributed by atoms with E-state index in [1.54, 1.807) is 30.3 Å². The number of anilines is 1. The molecule has 0 radical (unpaired) electrons. The molecule has 104 valence electrons. The van der Waals surface area contributed by atoms with Gasteiger partial charge in [0.05, 0.1) is 0 Å². The van der Waals surface area contributed by atoms with Crippen molar-refractivity contribution in [2.45, 2.75) is 13.3 Å². The van der Waals surface area contributed by atoms with Gasteiger partial charge in [-0.25, -0.2) is 4.39 Å². The molecule has 0 aliphatic rings. The van der Waals surface area contributed by atoms with Gasteiger partial charge in [-0.15, -0.1) is 0 Å². The summed E-state index contributed by atoms with van der Waals surface area (Å²) in [6.45, 7) is 2.32.